The van der Waals surface area contributed by atoms with Crippen molar-refractivity contribution in [2.75, 3.05) is 11.9 Å². The fraction of sp³-hybridized carbons (Fsp3) is 0.286. The van der Waals surface area contributed by atoms with Crippen molar-refractivity contribution in [3.63, 3.8) is 0 Å². The molecule has 1 aromatic carbocycles. The second-order valence-corrected chi connectivity index (χ2v) is 7.18. The summed E-state index contributed by atoms with van der Waals surface area (Å²) in [4.78, 5) is 9.18. The van der Waals surface area contributed by atoms with Crippen LogP contribution in [0.4, 0.5) is 11.6 Å². The maximum absolute atomic E-state index is 5.76. The summed E-state index contributed by atoms with van der Waals surface area (Å²) in [6.45, 7) is 1.69. The minimum atomic E-state index is 0.280. The van der Waals surface area contributed by atoms with Gasteiger partial charge in [-0.3, -0.25) is 4.68 Å². The maximum atomic E-state index is 5.76. The first-order valence-electron chi connectivity index (χ1n) is 9.54. The first-order chi connectivity index (χ1) is 13.7. The number of nitrogens with one attached hydrogen (secondary N) is 1. The van der Waals surface area contributed by atoms with Gasteiger partial charge in [0.05, 0.1) is 18.8 Å². The monoisotopic (exact) mass is 374 g/mol. The third-order valence-electron chi connectivity index (χ3n) is 5.11. The van der Waals surface area contributed by atoms with Crippen molar-refractivity contribution < 1.29 is 4.74 Å². The summed E-state index contributed by atoms with van der Waals surface area (Å²) < 4.78 is 9.72. The molecule has 1 saturated heterocycles. The molecule has 3 aromatic heterocycles. The van der Waals surface area contributed by atoms with Crippen LogP contribution in [0.5, 0.6) is 0 Å². The lowest BCUT2D eigenvalue weighted by atomic mass is 10.1. The summed E-state index contributed by atoms with van der Waals surface area (Å²) in [7, 11) is 1.92. The van der Waals surface area contributed by atoms with Crippen molar-refractivity contribution in [2.45, 2.75) is 25.5 Å². The number of rotatable bonds is 5. The predicted molar refractivity (Wildman–Crippen MR) is 108 cm³/mol. The highest BCUT2D eigenvalue weighted by Gasteiger charge is 2.17. The van der Waals surface area contributed by atoms with Crippen LogP contribution in [0.3, 0.4) is 0 Å². The van der Waals surface area contributed by atoms with E-state index in [2.05, 4.69) is 44.4 Å². The minimum absolute atomic E-state index is 0.280. The predicted octanol–water partition coefficient (Wildman–Crippen LogP) is 3.75. The van der Waals surface area contributed by atoms with Crippen LogP contribution >= 0.6 is 0 Å². The smallest absolute Gasteiger partial charge is 0.229 e. The zero-order chi connectivity index (χ0) is 18.9. The fourth-order valence-corrected chi connectivity index (χ4v) is 3.63. The molecule has 28 heavy (non-hydrogen) atoms. The number of ether oxygens (including phenoxy) is 1. The van der Waals surface area contributed by atoms with Crippen molar-refractivity contribution in [3.8, 4) is 11.1 Å². The first-order valence-corrected chi connectivity index (χ1v) is 9.54. The van der Waals surface area contributed by atoms with Crippen LogP contribution in [0, 0.1) is 0 Å². The summed E-state index contributed by atoms with van der Waals surface area (Å²) in [5.41, 5.74) is 4.10. The molecule has 5 rings (SSSR count). The maximum Gasteiger partial charge on any atom is 0.229 e. The molecule has 0 bridgehead atoms. The number of aromatic nitrogens is 5. The van der Waals surface area contributed by atoms with Gasteiger partial charge in [-0.2, -0.15) is 10.1 Å². The molecule has 1 N–H and O–H groups in total. The topological polar surface area (TPSA) is 69.8 Å². The van der Waals surface area contributed by atoms with E-state index in [0.29, 0.717) is 5.95 Å². The molecule has 1 aliphatic rings. The average molecular weight is 374 g/mol. The number of fused-ring (bicyclic) bond motifs is 1. The Hall–Kier alpha value is -3.19. The Kier molecular flexibility index (Phi) is 4.29. The van der Waals surface area contributed by atoms with Gasteiger partial charge in [0.15, 0.2) is 0 Å². The molecule has 0 spiro atoms. The molecule has 7 nitrogen and oxygen atoms in total. The van der Waals surface area contributed by atoms with E-state index in [1.165, 1.54) is 0 Å². The van der Waals surface area contributed by atoms with Crippen LogP contribution in [-0.4, -0.2) is 37.0 Å². The molecule has 4 heterocycles. The number of nitrogens with zero attached hydrogens (tertiary/aromatic N) is 5. The molecule has 1 fully saturated rings. The fourth-order valence-electron chi connectivity index (χ4n) is 3.63. The van der Waals surface area contributed by atoms with Crippen LogP contribution in [0.25, 0.3) is 22.2 Å². The largest absolute Gasteiger partial charge is 0.376 e. The molecule has 142 valence electrons. The van der Waals surface area contributed by atoms with E-state index in [1.807, 2.05) is 37.8 Å². The van der Waals surface area contributed by atoms with Gasteiger partial charge in [-0.1, -0.05) is 12.1 Å². The summed E-state index contributed by atoms with van der Waals surface area (Å²) in [6, 6.07) is 10.2. The second kappa shape index (κ2) is 7.09. The quantitative estimate of drug-likeness (QED) is 0.576. The van der Waals surface area contributed by atoms with Gasteiger partial charge in [0.25, 0.3) is 0 Å². The van der Waals surface area contributed by atoms with Crippen LogP contribution in [0.2, 0.25) is 0 Å². The Labute approximate surface area is 163 Å². The van der Waals surface area contributed by atoms with E-state index < -0.39 is 0 Å². The summed E-state index contributed by atoms with van der Waals surface area (Å²) in [5, 5.41) is 8.56. The van der Waals surface area contributed by atoms with E-state index in [0.717, 1.165) is 53.8 Å². The molecule has 0 aliphatic carbocycles. The lowest BCUT2D eigenvalue weighted by Gasteiger charge is -2.12. The third-order valence-corrected chi connectivity index (χ3v) is 5.11. The standard InChI is InChI=1S/C21H22N6O/c1-26-13-17(12-23-26)15-4-6-18(7-5-15)24-21-22-11-16-8-9-27(20(16)25-21)14-19-3-2-10-28-19/h4-9,11-13,19H,2-3,10,14H2,1H3,(H,22,24,25). The number of hydrogen-bond donors (Lipinski definition) is 1. The Morgan fingerprint density at radius 2 is 2.04 bits per heavy atom. The molecular formula is C21H22N6O. The van der Waals surface area contributed by atoms with Gasteiger partial charge >= 0.3 is 0 Å². The van der Waals surface area contributed by atoms with Gasteiger partial charge in [0.2, 0.25) is 5.95 Å². The molecule has 7 heteroatoms. The van der Waals surface area contributed by atoms with Gasteiger partial charge in [0, 0.05) is 48.9 Å². The first kappa shape index (κ1) is 16.9. The van der Waals surface area contributed by atoms with Crippen LogP contribution in [0.15, 0.2) is 55.1 Å². The summed E-state index contributed by atoms with van der Waals surface area (Å²) >= 11 is 0. The van der Waals surface area contributed by atoms with Gasteiger partial charge in [-0.25, -0.2) is 4.98 Å². The van der Waals surface area contributed by atoms with E-state index >= 15 is 0 Å². The van der Waals surface area contributed by atoms with Crippen LogP contribution in [0.1, 0.15) is 12.8 Å². The number of anilines is 2. The molecule has 0 radical (unpaired) electrons. The highest BCUT2D eigenvalue weighted by atomic mass is 16.5. The van der Waals surface area contributed by atoms with Gasteiger partial charge in [-0.05, 0) is 36.6 Å². The lowest BCUT2D eigenvalue weighted by Crippen LogP contribution is -2.14. The Bertz CT molecular complexity index is 1090. The Morgan fingerprint density at radius 1 is 1.14 bits per heavy atom. The minimum Gasteiger partial charge on any atom is -0.376 e. The van der Waals surface area contributed by atoms with Crippen molar-refractivity contribution in [3.05, 3.63) is 55.1 Å². The summed E-state index contributed by atoms with van der Waals surface area (Å²) in [6.07, 6.45) is 10.3. The zero-order valence-corrected chi connectivity index (χ0v) is 15.7. The number of benzene rings is 1. The average Bonchev–Trinajstić information content (AvgIpc) is 3.45. The van der Waals surface area contributed by atoms with Gasteiger partial charge < -0.3 is 14.6 Å². The van der Waals surface area contributed by atoms with Crippen molar-refractivity contribution in [1.82, 2.24) is 24.3 Å². The highest BCUT2D eigenvalue weighted by Crippen LogP contribution is 2.23. The molecular weight excluding hydrogens is 352 g/mol. The molecule has 1 aliphatic heterocycles. The Morgan fingerprint density at radius 3 is 2.79 bits per heavy atom. The Balaban J connectivity index is 1.35. The second-order valence-electron chi connectivity index (χ2n) is 7.18. The van der Waals surface area contributed by atoms with E-state index in [1.54, 1.807) is 4.68 Å². The number of hydrogen-bond acceptors (Lipinski definition) is 5. The molecule has 0 amide bonds. The highest BCUT2D eigenvalue weighted by molar-refractivity contribution is 5.77. The van der Waals surface area contributed by atoms with Crippen LogP contribution < -0.4 is 5.32 Å². The molecule has 0 saturated carbocycles. The van der Waals surface area contributed by atoms with Crippen molar-refractivity contribution >= 4 is 22.7 Å². The van der Waals surface area contributed by atoms with E-state index in [4.69, 9.17) is 9.72 Å². The number of aryl methyl sites for hydroxylation is 1. The molecule has 4 aromatic rings. The van der Waals surface area contributed by atoms with Crippen molar-refractivity contribution in [2.24, 2.45) is 7.05 Å². The van der Waals surface area contributed by atoms with Crippen molar-refractivity contribution in [1.29, 1.82) is 0 Å². The van der Waals surface area contributed by atoms with E-state index in [9.17, 15) is 0 Å². The van der Waals surface area contributed by atoms with Crippen LogP contribution in [-0.2, 0) is 18.3 Å². The van der Waals surface area contributed by atoms with Gasteiger partial charge in [-0.15, -0.1) is 0 Å². The lowest BCUT2D eigenvalue weighted by molar-refractivity contribution is 0.0979. The summed E-state index contributed by atoms with van der Waals surface area (Å²) in [5.74, 6) is 0.592. The normalized spacial score (nSPS) is 16.7. The molecule has 1 unspecified atom stereocenters. The van der Waals surface area contributed by atoms with Gasteiger partial charge in [0.1, 0.15) is 5.65 Å². The zero-order valence-electron chi connectivity index (χ0n) is 15.7. The SMILES string of the molecule is Cn1cc(-c2ccc(Nc3ncc4ccn(CC5CCCO5)c4n3)cc2)cn1. The third kappa shape index (κ3) is 3.36. The molecule has 1 atom stereocenters. The van der Waals surface area contributed by atoms with E-state index in [-0.39, 0.29) is 6.10 Å².